The SMILES string of the molecule is CCCSC1=C(/C=N/O)CCc2c1sc1nc3n(c(=O)c21)CCCCC3. The first-order chi connectivity index (χ1) is 12.7. The third-order valence-electron chi connectivity index (χ3n) is 5.08. The molecule has 0 atom stereocenters. The molecule has 2 aromatic rings. The second kappa shape index (κ2) is 7.56. The zero-order valence-corrected chi connectivity index (χ0v) is 16.6. The molecule has 0 unspecified atom stereocenters. The predicted molar refractivity (Wildman–Crippen MR) is 110 cm³/mol. The molecule has 2 aliphatic rings. The third-order valence-corrected chi connectivity index (χ3v) is 7.72. The Morgan fingerprint density at radius 3 is 3.00 bits per heavy atom. The van der Waals surface area contributed by atoms with Crippen molar-refractivity contribution in [3.63, 3.8) is 0 Å². The van der Waals surface area contributed by atoms with E-state index in [9.17, 15) is 4.79 Å². The number of thiophene rings is 1. The first kappa shape index (κ1) is 17.8. The van der Waals surface area contributed by atoms with Crippen LogP contribution in [-0.4, -0.2) is 26.7 Å². The molecule has 0 saturated heterocycles. The maximum atomic E-state index is 13.2. The molecule has 0 amide bonds. The van der Waals surface area contributed by atoms with Crippen molar-refractivity contribution in [3.8, 4) is 0 Å². The highest BCUT2D eigenvalue weighted by Crippen LogP contribution is 2.45. The molecule has 0 saturated carbocycles. The topological polar surface area (TPSA) is 67.5 Å². The number of allylic oxidation sites excluding steroid dienone is 1. The Kier molecular flexibility index (Phi) is 5.18. The molecule has 0 aromatic carbocycles. The van der Waals surface area contributed by atoms with Crippen LogP contribution >= 0.6 is 23.1 Å². The smallest absolute Gasteiger partial charge is 0.262 e. The first-order valence-corrected chi connectivity index (χ1v) is 11.1. The number of rotatable bonds is 4. The molecule has 1 N–H and O–H groups in total. The summed E-state index contributed by atoms with van der Waals surface area (Å²) in [5, 5.41) is 13.1. The average molecular weight is 390 g/mol. The summed E-state index contributed by atoms with van der Waals surface area (Å²) in [5.74, 6) is 1.96. The molecule has 0 spiro atoms. The Bertz CT molecular complexity index is 956. The monoisotopic (exact) mass is 389 g/mol. The van der Waals surface area contributed by atoms with E-state index in [1.807, 2.05) is 4.57 Å². The van der Waals surface area contributed by atoms with Crippen LogP contribution in [-0.2, 0) is 19.4 Å². The van der Waals surface area contributed by atoms with Crippen molar-refractivity contribution in [1.82, 2.24) is 9.55 Å². The van der Waals surface area contributed by atoms with Gasteiger partial charge in [-0.05, 0) is 49.0 Å². The van der Waals surface area contributed by atoms with Crippen molar-refractivity contribution >= 4 is 44.4 Å². The fourth-order valence-electron chi connectivity index (χ4n) is 3.83. The van der Waals surface area contributed by atoms with Crippen LogP contribution in [0.1, 0.15) is 55.3 Å². The molecule has 0 bridgehead atoms. The number of fused-ring (bicyclic) bond motifs is 4. The van der Waals surface area contributed by atoms with Gasteiger partial charge in [0.1, 0.15) is 10.7 Å². The lowest BCUT2D eigenvalue weighted by atomic mass is 9.97. The minimum absolute atomic E-state index is 0.142. The highest BCUT2D eigenvalue weighted by molar-refractivity contribution is 8.08. The number of hydrogen-bond donors (Lipinski definition) is 1. The van der Waals surface area contributed by atoms with E-state index in [1.165, 1.54) is 6.42 Å². The van der Waals surface area contributed by atoms with E-state index >= 15 is 0 Å². The van der Waals surface area contributed by atoms with Crippen LogP contribution < -0.4 is 5.56 Å². The van der Waals surface area contributed by atoms with Gasteiger partial charge in [0.2, 0.25) is 0 Å². The normalized spacial score (nSPS) is 17.6. The number of aryl methyl sites for hydroxylation is 2. The number of hydrogen-bond acceptors (Lipinski definition) is 6. The van der Waals surface area contributed by atoms with Gasteiger partial charge in [-0.1, -0.05) is 18.5 Å². The standard InChI is InChI=1S/C19H23N3O2S2/c1-2-10-25-16-12(11-20-24)7-8-13-15-18(26-17(13)16)21-14-6-4-3-5-9-22(14)19(15)23/h11,24H,2-10H2,1H3/b20-11+. The van der Waals surface area contributed by atoms with Gasteiger partial charge in [-0.15, -0.1) is 23.1 Å². The summed E-state index contributed by atoms with van der Waals surface area (Å²) in [7, 11) is 0. The zero-order chi connectivity index (χ0) is 18.1. The Morgan fingerprint density at radius 2 is 2.19 bits per heavy atom. The molecule has 1 aliphatic heterocycles. The van der Waals surface area contributed by atoms with Gasteiger partial charge in [0.05, 0.1) is 11.6 Å². The second-order valence-corrected chi connectivity index (χ2v) is 8.94. The Labute approximate surface area is 160 Å². The van der Waals surface area contributed by atoms with Crippen LogP contribution in [0.15, 0.2) is 15.5 Å². The van der Waals surface area contributed by atoms with E-state index < -0.39 is 0 Å². The van der Waals surface area contributed by atoms with Gasteiger partial charge in [0.25, 0.3) is 5.56 Å². The molecule has 4 rings (SSSR count). The van der Waals surface area contributed by atoms with Gasteiger partial charge in [-0.2, -0.15) is 0 Å². The van der Waals surface area contributed by atoms with Crippen molar-refractivity contribution in [2.24, 2.45) is 5.16 Å². The highest BCUT2D eigenvalue weighted by Gasteiger charge is 2.27. The number of nitrogens with zero attached hydrogens (tertiary/aromatic N) is 3. The Morgan fingerprint density at radius 1 is 1.31 bits per heavy atom. The van der Waals surface area contributed by atoms with E-state index in [1.54, 1.807) is 29.3 Å². The summed E-state index contributed by atoms with van der Waals surface area (Å²) in [6.07, 6.45) is 8.47. The summed E-state index contributed by atoms with van der Waals surface area (Å²) in [6.45, 7) is 2.95. The van der Waals surface area contributed by atoms with Crippen LogP contribution in [0, 0.1) is 0 Å². The highest BCUT2D eigenvalue weighted by atomic mass is 32.2. The van der Waals surface area contributed by atoms with E-state index in [0.29, 0.717) is 0 Å². The molecule has 0 fully saturated rings. The molecule has 0 radical (unpaired) electrons. The largest absolute Gasteiger partial charge is 0.411 e. The summed E-state index contributed by atoms with van der Waals surface area (Å²) in [4.78, 5) is 21.3. The van der Waals surface area contributed by atoms with Crippen LogP contribution in [0.2, 0.25) is 0 Å². The Balaban J connectivity index is 1.92. The number of oxime groups is 1. The lowest BCUT2D eigenvalue weighted by molar-refractivity contribution is 0.321. The predicted octanol–water partition coefficient (Wildman–Crippen LogP) is 4.44. The second-order valence-electron chi connectivity index (χ2n) is 6.83. The number of aromatic nitrogens is 2. The van der Waals surface area contributed by atoms with Crippen LogP contribution in [0.3, 0.4) is 0 Å². The number of thioether (sulfide) groups is 1. The lowest BCUT2D eigenvalue weighted by Crippen LogP contribution is -2.24. The van der Waals surface area contributed by atoms with Gasteiger partial charge >= 0.3 is 0 Å². The fraction of sp³-hybridized carbons (Fsp3) is 0.526. The maximum absolute atomic E-state index is 13.2. The Hall–Kier alpha value is -1.60. The van der Waals surface area contributed by atoms with E-state index in [0.717, 1.165) is 87.8 Å². The van der Waals surface area contributed by atoms with E-state index in [2.05, 4.69) is 12.1 Å². The van der Waals surface area contributed by atoms with E-state index in [-0.39, 0.29) is 5.56 Å². The van der Waals surface area contributed by atoms with Crippen LogP contribution in [0.5, 0.6) is 0 Å². The first-order valence-electron chi connectivity index (χ1n) is 9.33. The summed E-state index contributed by atoms with van der Waals surface area (Å²) in [6, 6.07) is 0. The summed E-state index contributed by atoms with van der Waals surface area (Å²) >= 11 is 3.43. The summed E-state index contributed by atoms with van der Waals surface area (Å²) < 4.78 is 1.91. The zero-order valence-electron chi connectivity index (χ0n) is 15.0. The quantitative estimate of drug-likeness (QED) is 0.477. The van der Waals surface area contributed by atoms with Gasteiger partial charge in [0, 0.05) is 22.7 Å². The lowest BCUT2D eigenvalue weighted by Gasteiger charge is -2.17. The van der Waals surface area contributed by atoms with Gasteiger partial charge in [0.15, 0.2) is 0 Å². The molecule has 2 aromatic heterocycles. The fourth-order valence-corrected chi connectivity index (χ4v) is 6.34. The van der Waals surface area contributed by atoms with Gasteiger partial charge < -0.3 is 5.21 Å². The van der Waals surface area contributed by atoms with Crippen molar-refractivity contribution in [1.29, 1.82) is 0 Å². The average Bonchev–Trinajstić information content (AvgIpc) is 2.84. The van der Waals surface area contributed by atoms with E-state index in [4.69, 9.17) is 10.2 Å². The maximum Gasteiger partial charge on any atom is 0.262 e. The van der Waals surface area contributed by atoms with Crippen LogP contribution in [0.25, 0.3) is 15.1 Å². The van der Waals surface area contributed by atoms with Crippen molar-refractivity contribution in [3.05, 3.63) is 32.2 Å². The minimum atomic E-state index is 0.142. The van der Waals surface area contributed by atoms with Gasteiger partial charge in [-0.25, -0.2) is 4.98 Å². The molecular formula is C19H23N3O2S2. The van der Waals surface area contributed by atoms with Crippen molar-refractivity contribution < 1.29 is 5.21 Å². The minimum Gasteiger partial charge on any atom is -0.411 e. The molecule has 138 valence electrons. The molecular weight excluding hydrogens is 366 g/mol. The van der Waals surface area contributed by atoms with Crippen molar-refractivity contribution in [2.75, 3.05) is 5.75 Å². The van der Waals surface area contributed by atoms with Gasteiger partial charge in [-0.3, -0.25) is 9.36 Å². The molecule has 7 heteroatoms. The molecule has 26 heavy (non-hydrogen) atoms. The third kappa shape index (κ3) is 3.01. The summed E-state index contributed by atoms with van der Waals surface area (Å²) in [5.41, 5.74) is 2.35. The molecule has 3 heterocycles. The molecule has 1 aliphatic carbocycles. The van der Waals surface area contributed by atoms with Crippen LogP contribution in [0.4, 0.5) is 0 Å². The van der Waals surface area contributed by atoms with Crippen molar-refractivity contribution in [2.45, 2.75) is 58.4 Å². The molecule has 5 nitrogen and oxygen atoms in total.